The first-order valence-corrected chi connectivity index (χ1v) is 6.54. The number of aliphatic hydroxyl groups is 1. The van der Waals surface area contributed by atoms with E-state index in [0.29, 0.717) is 17.9 Å². The Bertz CT molecular complexity index is 510. The van der Waals surface area contributed by atoms with Crippen LogP contribution in [-0.2, 0) is 12.0 Å². The fourth-order valence-corrected chi connectivity index (χ4v) is 2.33. The maximum Gasteiger partial charge on any atom is 0.0934 e. The molecule has 0 bridgehead atoms. The van der Waals surface area contributed by atoms with Crippen molar-refractivity contribution in [3.63, 3.8) is 0 Å². The van der Waals surface area contributed by atoms with Crippen molar-refractivity contribution in [2.45, 2.75) is 25.4 Å². The monoisotopic (exact) mass is 260 g/mol. The molecule has 0 saturated heterocycles. The zero-order valence-corrected chi connectivity index (χ0v) is 11.2. The highest BCUT2D eigenvalue weighted by atomic mass is 35.5. The first kappa shape index (κ1) is 13.1. The van der Waals surface area contributed by atoms with E-state index in [2.05, 4.69) is 0 Å². The lowest BCUT2D eigenvalue weighted by Crippen LogP contribution is -2.27. The summed E-state index contributed by atoms with van der Waals surface area (Å²) in [5, 5.41) is 11.5. The average Bonchev–Trinajstić information content (AvgIpc) is 2.40. The zero-order chi connectivity index (χ0) is 13.0. The van der Waals surface area contributed by atoms with Gasteiger partial charge in [-0.25, -0.2) is 0 Å². The molecule has 0 aliphatic rings. The molecular formula is C16H17ClO. The molecule has 2 aromatic rings. The summed E-state index contributed by atoms with van der Waals surface area (Å²) in [4.78, 5) is 0. The Kier molecular flexibility index (Phi) is 4.05. The third-order valence-electron chi connectivity index (χ3n) is 3.29. The molecule has 1 atom stereocenters. The van der Waals surface area contributed by atoms with Crippen molar-refractivity contribution in [1.82, 2.24) is 0 Å². The van der Waals surface area contributed by atoms with Gasteiger partial charge in [0.1, 0.15) is 0 Å². The van der Waals surface area contributed by atoms with Gasteiger partial charge in [0.25, 0.3) is 0 Å². The first-order chi connectivity index (χ1) is 8.64. The Morgan fingerprint density at radius 2 is 1.78 bits per heavy atom. The summed E-state index contributed by atoms with van der Waals surface area (Å²) in [6.45, 7) is 1.99. The van der Waals surface area contributed by atoms with Gasteiger partial charge in [-0.05, 0) is 29.7 Å². The topological polar surface area (TPSA) is 20.2 Å². The number of hydrogen-bond acceptors (Lipinski definition) is 1. The third kappa shape index (κ3) is 2.92. The molecule has 1 nitrogen and oxygen atoms in total. The quantitative estimate of drug-likeness (QED) is 0.874. The van der Waals surface area contributed by atoms with Gasteiger partial charge in [-0.15, -0.1) is 0 Å². The summed E-state index contributed by atoms with van der Waals surface area (Å²) in [6.07, 6.45) is 1.26. The van der Waals surface area contributed by atoms with Crippen LogP contribution in [0.4, 0.5) is 0 Å². The van der Waals surface area contributed by atoms with E-state index >= 15 is 0 Å². The molecule has 0 heterocycles. The largest absolute Gasteiger partial charge is 0.385 e. The van der Waals surface area contributed by atoms with Gasteiger partial charge >= 0.3 is 0 Å². The second kappa shape index (κ2) is 5.55. The van der Waals surface area contributed by atoms with Gasteiger partial charge < -0.3 is 5.11 Å². The van der Waals surface area contributed by atoms with Crippen LogP contribution in [-0.4, -0.2) is 5.11 Å². The lowest BCUT2D eigenvalue weighted by atomic mass is 9.85. The summed E-state index contributed by atoms with van der Waals surface area (Å²) >= 11 is 6.00. The summed E-state index contributed by atoms with van der Waals surface area (Å²) in [7, 11) is 0. The summed E-state index contributed by atoms with van der Waals surface area (Å²) < 4.78 is 0. The zero-order valence-electron chi connectivity index (χ0n) is 10.4. The van der Waals surface area contributed by atoms with Crippen molar-refractivity contribution in [2.75, 3.05) is 0 Å². The van der Waals surface area contributed by atoms with Gasteiger partial charge in [-0.1, -0.05) is 61.0 Å². The van der Waals surface area contributed by atoms with Gasteiger partial charge in [-0.2, -0.15) is 0 Å². The standard InChI is InChI=1S/C16H17ClO/c1-2-16(18,12-13-7-4-3-5-8-13)14-9-6-10-15(17)11-14/h3-11,18H,2,12H2,1H3. The SMILES string of the molecule is CCC(O)(Cc1ccccc1)c1cccc(Cl)c1. The maximum absolute atomic E-state index is 10.8. The minimum Gasteiger partial charge on any atom is -0.385 e. The van der Waals surface area contributed by atoms with E-state index < -0.39 is 5.60 Å². The van der Waals surface area contributed by atoms with Crippen molar-refractivity contribution in [3.05, 3.63) is 70.7 Å². The molecule has 0 aliphatic heterocycles. The number of rotatable bonds is 4. The van der Waals surface area contributed by atoms with Crippen LogP contribution < -0.4 is 0 Å². The molecule has 0 aromatic heterocycles. The average molecular weight is 261 g/mol. The summed E-state index contributed by atoms with van der Waals surface area (Å²) in [6, 6.07) is 17.5. The predicted octanol–water partition coefficient (Wildman–Crippen LogP) is 4.18. The Labute approximate surface area is 113 Å². The van der Waals surface area contributed by atoms with Crippen molar-refractivity contribution in [1.29, 1.82) is 0 Å². The van der Waals surface area contributed by atoms with Crippen molar-refractivity contribution < 1.29 is 5.11 Å². The molecule has 0 fully saturated rings. The van der Waals surface area contributed by atoms with Crippen molar-refractivity contribution in [2.24, 2.45) is 0 Å². The van der Waals surface area contributed by atoms with Crippen LogP contribution in [0, 0.1) is 0 Å². The number of benzene rings is 2. The molecule has 1 unspecified atom stereocenters. The van der Waals surface area contributed by atoms with Crippen LogP contribution in [0.1, 0.15) is 24.5 Å². The fourth-order valence-electron chi connectivity index (χ4n) is 2.14. The van der Waals surface area contributed by atoms with E-state index in [1.54, 1.807) is 0 Å². The molecular weight excluding hydrogens is 244 g/mol. The Morgan fingerprint density at radius 1 is 1.06 bits per heavy atom. The smallest absolute Gasteiger partial charge is 0.0934 e. The van der Waals surface area contributed by atoms with Crippen molar-refractivity contribution in [3.8, 4) is 0 Å². The molecule has 2 heteroatoms. The van der Waals surface area contributed by atoms with E-state index in [9.17, 15) is 5.11 Å². The molecule has 18 heavy (non-hydrogen) atoms. The first-order valence-electron chi connectivity index (χ1n) is 6.16. The normalized spacial score (nSPS) is 14.2. The van der Waals surface area contributed by atoms with Crippen LogP contribution in [0.5, 0.6) is 0 Å². The minimum atomic E-state index is -0.855. The van der Waals surface area contributed by atoms with Gasteiger partial charge in [0.05, 0.1) is 5.60 Å². The van der Waals surface area contributed by atoms with Crippen LogP contribution in [0.3, 0.4) is 0 Å². The van der Waals surface area contributed by atoms with E-state index in [0.717, 1.165) is 11.1 Å². The van der Waals surface area contributed by atoms with Crippen LogP contribution in [0.2, 0.25) is 5.02 Å². The van der Waals surface area contributed by atoms with Crippen LogP contribution in [0.15, 0.2) is 54.6 Å². The number of halogens is 1. The lowest BCUT2D eigenvalue weighted by molar-refractivity contribution is 0.0327. The highest BCUT2D eigenvalue weighted by Crippen LogP contribution is 2.30. The van der Waals surface area contributed by atoms with Gasteiger partial charge in [0.2, 0.25) is 0 Å². The molecule has 0 spiro atoms. The lowest BCUT2D eigenvalue weighted by Gasteiger charge is -2.27. The Morgan fingerprint density at radius 3 is 2.39 bits per heavy atom. The second-order valence-corrected chi connectivity index (χ2v) is 4.99. The third-order valence-corrected chi connectivity index (χ3v) is 3.52. The molecule has 0 amide bonds. The molecule has 1 N–H and O–H groups in total. The van der Waals surface area contributed by atoms with E-state index in [1.807, 2.05) is 61.5 Å². The molecule has 2 rings (SSSR count). The summed E-state index contributed by atoms with van der Waals surface area (Å²) in [5.74, 6) is 0. The van der Waals surface area contributed by atoms with Gasteiger partial charge in [-0.3, -0.25) is 0 Å². The highest BCUT2D eigenvalue weighted by Gasteiger charge is 2.27. The molecule has 94 valence electrons. The van der Waals surface area contributed by atoms with Gasteiger partial charge in [0.15, 0.2) is 0 Å². The Hall–Kier alpha value is -1.31. The van der Waals surface area contributed by atoms with Crippen LogP contribution >= 0.6 is 11.6 Å². The number of hydrogen-bond donors (Lipinski definition) is 1. The Balaban J connectivity index is 2.31. The van der Waals surface area contributed by atoms with E-state index in [4.69, 9.17) is 11.6 Å². The van der Waals surface area contributed by atoms with E-state index in [1.165, 1.54) is 0 Å². The van der Waals surface area contributed by atoms with E-state index in [-0.39, 0.29) is 0 Å². The van der Waals surface area contributed by atoms with Gasteiger partial charge in [0, 0.05) is 11.4 Å². The molecule has 0 saturated carbocycles. The molecule has 2 aromatic carbocycles. The molecule has 0 radical (unpaired) electrons. The fraction of sp³-hybridized carbons (Fsp3) is 0.250. The predicted molar refractivity (Wildman–Crippen MR) is 75.8 cm³/mol. The second-order valence-electron chi connectivity index (χ2n) is 4.56. The summed E-state index contributed by atoms with van der Waals surface area (Å²) in [5.41, 5.74) is 1.15. The van der Waals surface area contributed by atoms with Crippen LogP contribution in [0.25, 0.3) is 0 Å². The maximum atomic E-state index is 10.8. The molecule has 0 aliphatic carbocycles. The highest BCUT2D eigenvalue weighted by molar-refractivity contribution is 6.30. The van der Waals surface area contributed by atoms with Crippen molar-refractivity contribution >= 4 is 11.6 Å². The minimum absolute atomic E-state index is 0.602.